The lowest BCUT2D eigenvalue weighted by Gasteiger charge is -2.27. The van der Waals surface area contributed by atoms with Crippen molar-refractivity contribution in [3.63, 3.8) is 0 Å². The smallest absolute Gasteiger partial charge is 0.258 e. The molecule has 0 aliphatic carbocycles. The number of hydrogen-bond acceptors (Lipinski definition) is 4. The molecule has 0 atom stereocenters. The van der Waals surface area contributed by atoms with Gasteiger partial charge in [0, 0.05) is 26.2 Å². The average molecular weight is 277 g/mol. The number of amides is 1. The lowest BCUT2D eigenvalue weighted by Crippen LogP contribution is -2.48. The van der Waals surface area contributed by atoms with E-state index in [0.717, 1.165) is 38.3 Å². The second kappa shape index (κ2) is 7.87. The van der Waals surface area contributed by atoms with Crippen LogP contribution >= 0.6 is 0 Å². The molecular weight excluding hydrogens is 254 g/mol. The Bertz CT molecular complexity index is 431. The molecule has 0 unspecified atom stereocenters. The Morgan fingerprint density at radius 3 is 2.95 bits per heavy atom. The Morgan fingerprint density at radius 1 is 1.40 bits per heavy atom. The molecular formula is C15H23N3O2. The third-order valence-corrected chi connectivity index (χ3v) is 3.39. The van der Waals surface area contributed by atoms with E-state index in [1.54, 1.807) is 0 Å². The lowest BCUT2D eigenvalue weighted by molar-refractivity contribution is -0.123. The van der Waals surface area contributed by atoms with Crippen LogP contribution in [0.25, 0.3) is 0 Å². The fourth-order valence-electron chi connectivity index (χ4n) is 2.12. The standard InChI is InChI=1S/C15H23N3O2/c1-2-13-4-3-5-14(10-13)20-11-15(19)17-12-18-8-6-16-7-9-18/h3-5,10,16H,2,6-9,11-12H2,1H3,(H,17,19). The Kier molecular flexibility index (Phi) is 5.83. The lowest BCUT2D eigenvalue weighted by atomic mass is 10.2. The van der Waals surface area contributed by atoms with Crippen molar-refractivity contribution >= 4 is 5.91 Å². The van der Waals surface area contributed by atoms with E-state index in [1.807, 2.05) is 18.2 Å². The zero-order chi connectivity index (χ0) is 14.2. The minimum Gasteiger partial charge on any atom is -0.484 e. The topological polar surface area (TPSA) is 53.6 Å². The van der Waals surface area contributed by atoms with Gasteiger partial charge in [0.25, 0.3) is 5.91 Å². The number of ether oxygens (including phenoxy) is 1. The van der Waals surface area contributed by atoms with Gasteiger partial charge in [0.2, 0.25) is 0 Å². The highest BCUT2D eigenvalue weighted by Gasteiger charge is 2.10. The highest BCUT2D eigenvalue weighted by Crippen LogP contribution is 2.13. The second-order valence-electron chi connectivity index (χ2n) is 4.92. The van der Waals surface area contributed by atoms with Gasteiger partial charge < -0.3 is 15.4 Å². The van der Waals surface area contributed by atoms with E-state index in [4.69, 9.17) is 4.74 Å². The van der Waals surface area contributed by atoms with Crippen LogP contribution in [0.2, 0.25) is 0 Å². The second-order valence-corrected chi connectivity index (χ2v) is 4.92. The number of nitrogens with zero attached hydrogens (tertiary/aromatic N) is 1. The molecule has 5 heteroatoms. The molecule has 1 aliphatic heterocycles. The van der Waals surface area contributed by atoms with Crippen molar-refractivity contribution in [1.29, 1.82) is 0 Å². The summed E-state index contributed by atoms with van der Waals surface area (Å²) in [7, 11) is 0. The molecule has 1 aromatic rings. The van der Waals surface area contributed by atoms with E-state index in [2.05, 4.69) is 28.5 Å². The maximum absolute atomic E-state index is 11.7. The van der Waals surface area contributed by atoms with E-state index in [-0.39, 0.29) is 12.5 Å². The van der Waals surface area contributed by atoms with Gasteiger partial charge in [-0.2, -0.15) is 0 Å². The van der Waals surface area contributed by atoms with Crippen LogP contribution in [-0.4, -0.2) is 50.3 Å². The van der Waals surface area contributed by atoms with Gasteiger partial charge in [-0.15, -0.1) is 0 Å². The first-order valence-corrected chi connectivity index (χ1v) is 7.19. The van der Waals surface area contributed by atoms with E-state index < -0.39 is 0 Å². The van der Waals surface area contributed by atoms with Crippen LogP contribution in [0, 0.1) is 0 Å². The maximum Gasteiger partial charge on any atom is 0.258 e. The third kappa shape index (κ3) is 4.83. The first kappa shape index (κ1) is 14.8. The molecule has 5 nitrogen and oxygen atoms in total. The summed E-state index contributed by atoms with van der Waals surface area (Å²) < 4.78 is 5.51. The van der Waals surface area contributed by atoms with E-state index >= 15 is 0 Å². The first-order valence-electron chi connectivity index (χ1n) is 7.19. The quantitative estimate of drug-likeness (QED) is 0.800. The Morgan fingerprint density at radius 2 is 2.20 bits per heavy atom. The molecule has 0 saturated carbocycles. The normalized spacial score (nSPS) is 15.8. The molecule has 1 saturated heterocycles. The minimum atomic E-state index is -0.0783. The average Bonchev–Trinajstić information content (AvgIpc) is 2.52. The van der Waals surface area contributed by atoms with Gasteiger partial charge in [-0.1, -0.05) is 19.1 Å². The van der Waals surface area contributed by atoms with Crippen LogP contribution in [-0.2, 0) is 11.2 Å². The Balaban J connectivity index is 1.68. The molecule has 2 rings (SSSR count). The van der Waals surface area contributed by atoms with Crippen LogP contribution in [0.3, 0.4) is 0 Å². The number of hydrogen-bond donors (Lipinski definition) is 2. The van der Waals surface area contributed by atoms with Crippen LogP contribution in [0.15, 0.2) is 24.3 Å². The van der Waals surface area contributed by atoms with Crippen molar-refractivity contribution in [2.24, 2.45) is 0 Å². The van der Waals surface area contributed by atoms with Crippen molar-refractivity contribution in [3.8, 4) is 5.75 Å². The molecule has 20 heavy (non-hydrogen) atoms. The van der Waals surface area contributed by atoms with Gasteiger partial charge in [-0.3, -0.25) is 9.69 Å². The van der Waals surface area contributed by atoms with Crippen LogP contribution in [0.4, 0.5) is 0 Å². The summed E-state index contributed by atoms with van der Waals surface area (Å²) in [5, 5.41) is 6.17. The van der Waals surface area contributed by atoms with Gasteiger partial charge in [-0.05, 0) is 24.1 Å². The molecule has 0 aromatic heterocycles. The molecule has 1 fully saturated rings. The summed E-state index contributed by atoms with van der Waals surface area (Å²) in [6, 6.07) is 7.86. The third-order valence-electron chi connectivity index (χ3n) is 3.39. The molecule has 0 bridgehead atoms. The van der Waals surface area contributed by atoms with E-state index in [9.17, 15) is 4.79 Å². The van der Waals surface area contributed by atoms with Crippen molar-refractivity contribution in [1.82, 2.24) is 15.5 Å². The molecule has 1 heterocycles. The van der Waals surface area contributed by atoms with Gasteiger partial charge in [0.05, 0.1) is 6.67 Å². The summed E-state index contributed by atoms with van der Waals surface area (Å²) in [6.45, 7) is 6.67. The Hall–Kier alpha value is -1.59. The summed E-state index contributed by atoms with van der Waals surface area (Å²) >= 11 is 0. The predicted octanol–water partition coefficient (Wildman–Crippen LogP) is 0.607. The summed E-state index contributed by atoms with van der Waals surface area (Å²) in [5.41, 5.74) is 1.21. The Labute approximate surface area is 120 Å². The summed E-state index contributed by atoms with van der Waals surface area (Å²) in [6.07, 6.45) is 0.965. The zero-order valence-corrected chi connectivity index (χ0v) is 12.0. The fourth-order valence-corrected chi connectivity index (χ4v) is 2.12. The van der Waals surface area contributed by atoms with Crippen LogP contribution in [0.5, 0.6) is 5.75 Å². The molecule has 1 aliphatic rings. The SMILES string of the molecule is CCc1cccc(OCC(=O)NCN2CCNCC2)c1. The van der Waals surface area contributed by atoms with Crippen molar-refractivity contribution < 1.29 is 9.53 Å². The van der Waals surface area contributed by atoms with Crippen LogP contribution < -0.4 is 15.4 Å². The predicted molar refractivity (Wildman–Crippen MR) is 78.8 cm³/mol. The largest absolute Gasteiger partial charge is 0.484 e. The van der Waals surface area contributed by atoms with Crippen molar-refractivity contribution in [2.75, 3.05) is 39.5 Å². The highest BCUT2D eigenvalue weighted by molar-refractivity contribution is 5.77. The van der Waals surface area contributed by atoms with Gasteiger partial charge >= 0.3 is 0 Å². The van der Waals surface area contributed by atoms with Crippen molar-refractivity contribution in [3.05, 3.63) is 29.8 Å². The number of piperazine rings is 1. The van der Waals surface area contributed by atoms with Gasteiger partial charge in [0.15, 0.2) is 6.61 Å². The zero-order valence-electron chi connectivity index (χ0n) is 12.0. The van der Waals surface area contributed by atoms with E-state index in [1.165, 1.54) is 5.56 Å². The molecule has 1 aromatic carbocycles. The molecule has 110 valence electrons. The number of carbonyl (C=O) groups excluding carboxylic acids is 1. The minimum absolute atomic E-state index is 0.0687. The van der Waals surface area contributed by atoms with E-state index in [0.29, 0.717) is 6.67 Å². The monoisotopic (exact) mass is 277 g/mol. The number of carbonyl (C=O) groups is 1. The molecule has 0 spiro atoms. The van der Waals surface area contributed by atoms with Gasteiger partial charge in [-0.25, -0.2) is 0 Å². The van der Waals surface area contributed by atoms with Gasteiger partial charge in [0.1, 0.15) is 5.75 Å². The maximum atomic E-state index is 11.7. The van der Waals surface area contributed by atoms with Crippen molar-refractivity contribution in [2.45, 2.75) is 13.3 Å². The summed E-state index contributed by atoms with van der Waals surface area (Å²) in [4.78, 5) is 13.9. The summed E-state index contributed by atoms with van der Waals surface area (Å²) in [5.74, 6) is 0.673. The first-order chi connectivity index (χ1) is 9.78. The molecule has 2 N–H and O–H groups in total. The fraction of sp³-hybridized carbons (Fsp3) is 0.533. The number of aryl methyl sites for hydroxylation is 1. The number of rotatable bonds is 6. The van der Waals surface area contributed by atoms with Crippen LogP contribution in [0.1, 0.15) is 12.5 Å². The molecule has 0 radical (unpaired) electrons. The highest BCUT2D eigenvalue weighted by atomic mass is 16.5. The molecule has 1 amide bonds. The number of benzene rings is 1. The number of nitrogens with one attached hydrogen (secondary N) is 2.